The highest BCUT2D eigenvalue weighted by atomic mass is 32.2. The number of carbonyl (C=O) groups excluding carboxylic acids is 2. The summed E-state index contributed by atoms with van der Waals surface area (Å²) >= 11 is 0. The van der Waals surface area contributed by atoms with E-state index < -0.39 is 39.5 Å². The number of phenols is 1. The van der Waals surface area contributed by atoms with Crippen LogP contribution in [0.5, 0.6) is 5.75 Å². The second-order valence-corrected chi connectivity index (χ2v) is 12.4. The van der Waals surface area contributed by atoms with Crippen LogP contribution in [-0.2, 0) is 33.2 Å². The zero-order valence-electron chi connectivity index (χ0n) is 23.7. The molecular weight excluding hydrogens is 582 g/mol. The molecular formula is C32H31N5O6S. The lowest BCUT2D eigenvalue weighted by molar-refractivity contribution is -0.123. The summed E-state index contributed by atoms with van der Waals surface area (Å²) in [4.78, 5) is 39.1. The Labute approximate surface area is 254 Å². The smallest absolute Gasteiger partial charge is 0.272 e. The second-order valence-electron chi connectivity index (χ2n) is 10.3. The third-order valence-electron chi connectivity index (χ3n) is 6.93. The summed E-state index contributed by atoms with van der Waals surface area (Å²) in [6, 6.07) is 20.7. The van der Waals surface area contributed by atoms with Gasteiger partial charge in [-0.3, -0.25) is 14.6 Å². The van der Waals surface area contributed by atoms with Crippen molar-refractivity contribution in [2.75, 3.05) is 5.75 Å². The Hall–Kier alpha value is -5.10. The highest BCUT2D eigenvalue weighted by Crippen LogP contribution is 2.21. The first-order chi connectivity index (χ1) is 21.3. The number of benzene rings is 3. The van der Waals surface area contributed by atoms with Crippen LogP contribution in [0.4, 0.5) is 0 Å². The molecule has 0 saturated heterocycles. The van der Waals surface area contributed by atoms with Crippen LogP contribution in [0.2, 0.25) is 0 Å². The van der Waals surface area contributed by atoms with E-state index in [4.69, 9.17) is 4.42 Å². The van der Waals surface area contributed by atoms with E-state index in [0.29, 0.717) is 41.0 Å². The number of phenolic OH excluding ortho intramolecular Hbond substituents is 1. The Kier molecular flexibility index (Phi) is 9.60. The lowest BCUT2D eigenvalue weighted by atomic mass is 10.0. The number of fused-ring (bicyclic) bond motifs is 1. The molecule has 12 heteroatoms. The van der Waals surface area contributed by atoms with Gasteiger partial charge in [0.2, 0.25) is 5.91 Å². The van der Waals surface area contributed by atoms with Gasteiger partial charge < -0.3 is 20.2 Å². The van der Waals surface area contributed by atoms with Gasteiger partial charge in [-0.1, -0.05) is 60.7 Å². The van der Waals surface area contributed by atoms with Gasteiger partial charge in [0, 0.05) is 24.9 Å². The van der Waals surface area contributed by atoms with Crippen molar-refractivity contribution in [2.45, 2.75) is 37.1 Å². The van der Waals surface area contributed by atoms with Gasteiger partial charge in [0.15, 0.2) is 21.3 Å². The Balaban J connectivity index is 1.38. The molecule has 3 aromatic carbocycles. The number of aromatic nitrogens is 3. The first-order valence-corrected chi connectivity index (χ1v) is 15.8. The molecule has 0 aliphatic rings. The highest BCUT2D eigenvalue weighted by molar-refractivity contribution is 7.90. The average molecular weight is 614 g/mol. The number of aromatic hydroxyl groups is 1. The van der Waals surface area contributed by atoms with Gasteiger partial charge in [-0.25, -0.2) is 18.4 Å². The van der Waals surface area contributed by atoms with Crippen molar-refractivity contribution in [1.82, 2.24) is 25.6 Å². The van der Waals surface area contributed by atoms with Gasteiger partial charge in [0.05, 0.1) is 17.7 Å². The molecule has 0 spiro atoms. The van der Waals surface area contributed by atoms with Crippen molar-refractivity contribution in [3.63, 3.8) is 0 Å². The Morgan fingerprint density at radius 3 is 2.41 bits per heavy atom. The minimum absolute atomic E-state index is 0.0617. The minimum Gasteiger partial charge on any atom is -0.508 e. The summed E-state index contributed by atoms with van der Waals surface area (Å²) < 4.78 is 32.4. The zero-order valence-corrected chi connectivity index (χ0v) is 24.5. The van der Waals surface area contributed by atoms with Crippen LogP contribution in [0.25, 0.3) is 11.1 Å². The van der Waals surface area contributed by atoms with Crippen molar-refractivity contribution in [3.05, 3.63) is 120 Å². The maximum Gasteiger partial charge on any atom is 0.272 e. The SMILES string of the molecule is O=C(N[C@@H](CS(=O)(=O)Cc1ccccc1)C(=O)NC(CCc1ccccc1O)Cc1nc2ccccc2o1)c1cnccn1. The van der Waals surface area contributed by atoms with Crippen LogP contribution < -0.4 is 10.6 Å². The van der Waals surface area contributed by atoms with Crippen LogP contribution in [-0.4, -0.2) is 58.1 Å². The number of rotatable bonds is 13. The number of amides is 2. The largest absolute Gasteiger partial charge is 0.508 e. The molecule has 2 aromatic heterocycles. The third kappa shape index (κ3) is 8.26. The molecule has 226 valence electrons. The molecule has 11 nitrogen and oxygen atoms in total. The molecule has 0 fully saturated rings. The van der Waals surface area contributed by atoms with E-state index in [9.17, 15) is 23.1 Å². The number of oxazole rings is 1. The Morgan fingerprint density at radius 1 is 0.909 bits per heavy atom. The molecule has 0 bridgehead atoms. The van der Waals surface area contributed by atoms with Gasteiger partial charge in [-0.05, 0) is 42.2 Å². The summed E-state index contributed by atoms with van der Waals surface area (Å²) in [6.07, 6.45) is 4.91. The number of para-hydroxylation sites is 3. The first-order valence-electron chi connectivity index (χ1n) is 14.0. The van der Waals surface area contributed by atoms with Crippen molar-refractivity contribution in [2.24, 2.45) is 0 Å². The predicted molar refractivity (Wildman–Crippen MR) is 163 cm³/mol. The Bertz CT molecular complexity index is 1800. The van der Waals surface area contributed by atoms with Gasteiger partial charge in [0.1, 0.15) is 23.0 Å². The van der Waals surface area contributed by atoms with Crippen molar-refractivity contribution in [3.8, 4) is 5.75 Å². The van der Waals surface area contributed by atoms with E-state index in [0.717, 1.165) is 0 Å². The molecule has 0 aliphatic carbocycles. The summed E-state index contributed by atoms with van der Waals surface area (Å²) in [5.41, 5.74) is 2.43. The van der Waals surface area contributed by atoms with E-state index in [2.05, 4.69) is 25.6 Å². The fourth-order valence-corrected chi connectivity index (χ4v) is 6.33. The molecule has 5 rings (SSSR count). The van der Waals surface area contributed by atoms with Gasteiger partial charge in [-0.15, -0.1) is 0 Å². The molecule has 1 unspecified atom stereocenters. The summed E-state index contributed by atoms with van der Waals surface area (Å²) in [5.74, 6) is -1.88. The van der Waals surface area contributed by atoms with Crippen LogP contribution in [0.3, 0.4) is 0 Å². The number of hydrogen-bond acceptors (Lipinski definition) is 9. The fourth-order valence-electron chi connectivity index (χ4n) is 4.77. The van der Waals surface area contributed by atoms with Crippen molar-refractivity contribution in [1.29, 1.82) is 0 Å². The molecule has 2 atom stereocenters. The summed E-state index contributed by atoms with van der Waals surface area (Å²) in [6.45, 7) is 0. The van der Waals surface area contributed by atoms with E-state index in [-0.39, 0.29) is 23.6 Å². The lowest BCUT2D eigenvalue weighted by Gasteiger charge is -2.23. The number of nitrogens with zero attached hydrogens (tertiary/aromatic N) is 3. The molecule has 0 aliphatic heterocycles. The summed E-state index contributed by atoms with van der Waals surface area (Å²) in [5, 5.41) is 15.7. The molecule has 5 aromatic rings. The number of carbonyl (C=O) groups is 2. The number of hydrogen-bond donors (Lipinski definition) is 3. The number of nitrogens with one attached hydrogen (secondary N) is 2. The molecule has 0 saturated carbocycles. The second kappa shape index (κ2) is 13.9. The number of sulfone groups is 1. The molecule has 3 N–H and O–H groups in total. The van der Waals surface area contributed by atoms with Gasteiger partial charge in [-0.2, -0.15) is 0 Å². The zero-order chi connectivity index (χ0) is 30.9. The molecule has 44 heavy (non-hydrogen) atoms. The highest BCUT2D eigenvalue weighted by Gasteiger charge is 2.30. The lowest BCUT2D eigenvalue weighted by Crippen LogP contribution is -2.53. The van der Waals surface area contributed by atoms with Crippen LogP contribution in [0.1, 0.15) is 33.9 Å². The maximum absolute atomic E-state index is 13.8. The van der Waals surface area contributed by atoms with Crippen molar-refractivity contribution < 1.29 is 27.5 Å². The topological polar surface area (TPSA) is 164 Å². The Morgan fingerprint density at radius 2 is 1.66 bits per heavy atom. The van der Waals surface area contributed by atoms with E-state index in [1.54, 1.807) is 60.7 Å². The van der Waals surface area contributed by atoms with Gasteiger partial charge >= 0.3 is 0 Å². The van der Waals surface area contributed by atoms with Crippen LogP contribution in [0.15, 0.2) is 102 Å². The normalized spacial score (nSPS) is 12.8. The fraction of sp³-hybridized carbons (Fsp3) is 0.219. The first kappa shape index (κ1) is 30.4. The van der Waals surface area contributed by atoms with E-state index in [1.807, 2.05) is 18.2 Å². The van der Waals surface area contributed by atoms with E-state index >= 15 is 0 Å². The van der Waals surface area contributed by atoms with Gasteiger partial charge in [0.25, 0.3) is 5.91 Å². The molecule has 2 heterocycles. The van der Waals surface area contributed by atoms with Crippen LogP contribution >= 0.6 is 0 Å². The maximum atomic E-state index is 13.8. The monoisotopic (exact) mass is 613 g/mol. The number of aryl methyl sites for hydroxylation is 1. The quantitative estimate of drug-likeness (QED) is 0.181. The summed E-state index contributed by atoms with van der Waals surface area (Å²) in [7, 11) is -3.86. The van der Waals surface area contributed by atoms with E-state index in [1.165, 1.54) is 18.6 Å². The predicted octanol–water partition coefficient (Wildman–Crippen LogP) is 3.40. The minimum atomic E-state index is -3.86. The average Bonchev–Trinajstić information content (AvgIpc) is 3.43. The van der Waals surface area contributed by atoms with Crippen molar-refractivity contribution >= 4 is 32.8 Å². The molecule has 2 amide bonds. The standard InChI is InChI=1S/C32H31N5O6S/c38-28-12-6-4-10-23(28)14-15-24(18-30-36-25-11-5-7-13-29(25)43-30)35-32(40)27(37-31(39)26-19-33-16-17-34-26)21-44(41,42)20-22-8-2-1-3-9-22/h1-13,16-17,19,24,27,38H,14-15,18,20-21H2,(H,35,40)(H,37,39)/t24?,27-/m0/s1. The third-order valence-corrected chi connectivity index (χ3v) is 8.54. The molecule has 0 radical (unpaired) electrons. The van der Waals surface area contributed by atoms with Crippen LogP contribution in [0, 0.1) is 0 Å².